The number of ether oxygens (including phenoxy) is 1. The third-order valence-electron chi connectivity index (χ3n) is 17.7. The second-order valence-corrected chi connectivity index (χ2v) is 26.0. The molecule has 2 atom stereocenters. The second kappa shape index (κ2) is 72.6. The van der Waals surface area contributed by atoms with Gasteiger partial charge in [-0.3, -0.25) is 9.59 Å². The molecule has 0 spiro atoms. The Bertz CT molecular complexity index is 1340. The second-order valence-electron chi connectivity index (χ2n) is 26.0. The maximum Gasteiger partial charge on any atom is 0.305 e. The van der Waals surface area contributed by atoms with Crippen LogP contribution in [0.15, 0.2) is 36.5 Å². The first-order valence-corrected chi connectivity index (χ1v) is 37.8. The zero-order valence-corrected chi connectivity index (χ0v) is 56.2. The van der Waals surface area contributed by atoms with E-state index in [4.69, 9.17) is 4.74 Å². The number of hydrogen-bond acceptors (Lipinski definition) is 5. The first-order valence-electron chi connectivity index (χ1n) is 37.8. The van der Waals surface area contributed by atoms with Crippen molar-refractivity contribution in [2.24, 2.45) is 0 Å². The van der Waals surface area contributed by atoms with Crippen LogP contribution in [-0.2, 0) is 14.3 Å². The van der Waals surface area contributed by atoms with Gasteiger partial charge >= 0.3 is 5.97 Å². The van der Waals surface area contributed by atoms with Gasteiger partial charge in [-0.2, -0.15) is 0 Å². The van der Waals surface area contributed by atoms with Crippen LogP contribution in [0.1, 0.15) is 418 Å². The largest absolute Gasteiger partial charge is 0.466 e. The SMILES string of the molecule is CCCCCC/C=C\C/C=C\CCCCCCCC(=O)OCCCCCCCCCCCCCCCCCCCCCCCCCCCCCCC(=O)NC(CO)C(O)/C=C/CCCCCCCCCCCCCCCCCCCCCC. The Hall–Kier alpha value is -1.92. The van der Waals surface area contributed by atoms with Crippen LogP contribution in [0.2, 0.25) is 0 Å². The highest BCUT2D eigenvalue weighted by molar-refractivity contribution is 5.76. The Kier molecular flexibility index (Phi) is 70.9. The first kappa shape index (κ1) is 81.1. The minimum absolute atomic E-state index is 0.00560. The number of carbonyl (C=O) groups excluding carboxylic acids is 2. The summed E-state index contributed by atoms with van der Waals surface area (Å²) in [7, 11) is 0. The molecule has 0 aromatic heterocycles. The van der Waals surface area contributed by atoms with Gasteiger partial charge < -0.3 is 20.3 Å². The molecule has 0 fully saturated rings. The van der Waals surface area contributed by atoms with Crippen LogP contribution in [0.3, 0.4) is 0 Å². The van der Waals surface area contributed by atoms with Crippen LogP contribution >= 0.6 is 0 Å². The van der Waals surface area contributed by atoms with Gasteiger partial charge in [0.15, 0.2) is 0 Å². The molecular weight excluding hydrogens is 1020 g/mol. The summed E-state index contributed by atoms with van der Waals surface area (Å²) in [5.74, 6) is -0.0550. The number of hydrogen-bond donors (Lipinski definition) is 3. The van der Waals surface area contributed by atoms with E-state index in [2.05, 4.69) is 43.5 Å². The fourth-order valence-electron chi connectivity index (χ4n) is 11.9. The average Bonchev–Trinajstić information content (AvgIpc) is 3.49. The van der Waals surface area contributed by atoms with Crippen LogP contribution in [0.5, 0.6) is 0 Å². The number of aliphatic hydroxyl groups is 2. The molecule has 0 saturated heterocycles. The molecule has 83 heavy (non-hydrogen) atoms. The summed E-state index contributed by atoms with van der Waals surface area (Å²) in [6.07, 6.45) is 93.9. The molecule has 3 N–H and O–H groups in total. The number of aliphatic hydroxyl groups excluding tert-OH is 2. The van der Waals surface area contributed by atoms with Gasteiger partial charge in [0.25, 0.3) is 0 Å². The van der Waals surface area contributed by atoms with Crippen LogP contribution in [0.4, 0.5) is 0 Å². The van der Waals surface area contributed by atoms with Crippen molar-refractivity contribution in [2.45, 2.75) is 431 Å². The highest BCUT2D eigenvalue weighted by Gasteiger charge is 2.18. The monoisotopic (exact) mass is 1170 g/mol. The predicted octanol–water partition coefficient (Wildman–Crippen LogP) is 24.7. The summed E-state index contributed by atoms with van der Waals surface area (Å²) in [6, 6.07) is -0.627. The van der Waals surface area contributed by atoms with Gasteiger partial charge in [-0.05, 0) is 64.2 Å². The van der Waals surface area contributed by atoms with E-state index in [9.17, 15) is 19.8 Å². The summed E-state index contributed by atoms with van der Waals surface area (Å²) in [6.45, 7) is 4.92. The summed E-state index contributed by atoms with van der Waals surface area (Å²) >= 11 is 0. The molecule has 0 aliphatic carbocycles. The molecule has 0 radical (unpaired) electrons. The van der Waals surface area contributed by atoms with Gasteiger partial charge in [0.2, 0.25) is 5.91 Å². The van der Waals surface area contributed by atoms with Crippen molar-refractivity contribution in [3.8, 4) is 0 Å². The maximum absolute atomic E-state index is 12.5. The van der Waals surface area contributed by atoms with Crippen molar-refractivity contribution >= 4 is 11.9 Å². The van der Waals surface area contributed by atoms with Gasteiger partial charge in [-0.25, -0.2) is 0 Å². The molecule has 0 aromatic carbocycles. The molecule has 6 nitrogen and oxygen atoms in total. The molecule has 0 bridgehead atoms. The lowest BCUT2D eigenvalue weighted by atomic mass is 10.0. The van der Waals surface area contributed by atoms with Crippen LogP contribution in [0.25, 0.3) is 0 Å². The first-order chi connectivity index (χ1) is 41.0. The topological polar surface area (TPSA) is 95.9 Å². The molecule has 2 unspecified atom stereocenters. The van der Waals surface area contributed by atoms with E-state index in [1.165, 1.54) is 340 Å². The number of allylic oxidation sites excluding steroid dienone is 5. The number of amides is 1. The number of carbonyl (C=O) groups is 2. The molecule has 0 saturated carbocycles. The summed E-state index contributed by atoms with van der Waals surface area (Å²) in [5, 5.41) is 23.3. The number of nitrogens with one attached hydrogen (secondary N) is 1. The van der Waals surface area contributed by atoms with Crippen molar-refractivity contribution < 1.29 is 24.5 Å². The summed E-state index contributed by atoms with van der Waals surface area (Å²) in [4.78, 5) is 24.6. The predicted molar refractivity (Wildman–Crippen MR) is 366 cm³/mol. The Morgan fingerprint density at radius 2 is 0.602 bits per heavy atom. The highest BCUT2D eigenvalue weighted by Crippen LogP contribution is 2.19. The lowest BCUT2D eigenvalue weighted by Crippen LogP contribution is -2.45. The highest BCUT2D eigenvalue weighted by atomic mass is 16.5. The van der Waals surface area contributed by atoms with Crippen LogP contribution in [-0.4, -0.2) is 47.4 Å². The summed E-state index contributed by atoms with van der Waals surface area (Å²) < 4.78 is 5.49. The molecule has 490 valence electrons. The van der Waals surface area contributed by atoms with Crippen LogP contribution < -0.4 is 5.32 Å². The van der Waals surface area contributed by atoms with Crippen molar-refractivity contribution in [1.29, 1.82) is 0 Å². The van der Waals surface area contributed by atoms with Gasteiger partial charge in [0.1, 0.15) is 0 Å². The Labute approximate surface area is 519 Å². The minimum Gasteiger partial charge on any atom is -0.466 e. The zero-order chi connectivity index (χ0) is 59.9. The van der Waals surface area contributed by atoms with E-state index in [1.807, 2.05) is 6.08 Å². The molecule has 0 aromatic rings. The van der Waals surface area contributed by atoms with E-state index in [1.54, 1.807) is 6.08 Å². The standard InChI is InChI=1S/C77H147NO5/c1-3-5-7-9-11-13-15-17-19-21-22-23-32-35-38-41-45-49-53-57-61-65-69-75(80)74(73-79)78-76(81)70-66-62-58-54-50-46-42-39-36-33-30-28-26-24-25-27-29-31-34-37-40-44-48-52-56-60-64-68-72-83-77(82)71-67-63-59-55-51-47-43-20-18-16-14-12-10-8-6-4-2/h14,16,20,43,65,69,74-75,79-80H,3-13,15,17-19,21-42,44-64,66-68,70-73H2,1-2H3,(H,78,81)/b16-14-,43-20-,69-65+. The van der Waals surface area contributed by atoms with E-state index in [0.717, 1.165) is 51.4 Å². The molecule has 0 aliphatic heterocycles. The Morgan fingerprint density at radius 3 is 0.928 bits per heavy atom. The Balaban J connectivity index is 3.37. The molecule has 0 heterocycles. The minimum atomic E-state index is -0.844. The molecule has 1 amide bonds. The average molecular weight is 1170 g/mol. The van der Waals surface area contributed by atoms with E-state index in [-0.39, 0.29) is 18.5 Å². The van der Waals surface area contributed by atoms with Crippen molar-refractivity contribution in [3.05, 3.63) is 36.5 Å². The number of unbranched alkanes of at least 4 members (excludes halogenated alkanes) is 56. The number of rotatable bonds is 71. The van der Waals surface area contributed by atoms with Gasteiger partial charge in [-0.15, -0.1) is 0 Å². The molecule has 0 aliphatic rings. The van der Waals surface area contributed by atoms with Crippen LogP contribution in [0, 0.1) is 0 Å². The third-order valence-corrected chi connectivity index (χ3v) is 17.7. The van der Waals surface area contributed by atoms with Crippen molar-refractivity contribution in [1.82, 2.24) is 5.32 Å². The lowest BCUT2D eigenvalue weighted by molar-refractivity contribution is -0.143. The van der Waals surface area contributed by atoms with E-state index >= 15 is 0 Å². The fourth-order valence-corrected chi connectivity index (χ4v) is 11.9. The normalized spacial score (nSPS) is 12.7. The third kappa shape index (κ3) is 69.1. The van der Waals surface area contributed by atoms with Crippen molar-refractivity contribution in [3.63, 3.8) is 0 Å². The lowest BCUT2D eigenvalue weighted by Gasteiger charge is -2.20. The van der Waals surface area contributed by atoms with Gasteiger partial charge in [0, 0.05) is 12.8 Å². The maximum atomic E-state index is 12.5. The van der Waals surface area contributed by atoms with Crippen molar-refractivity contribution in [2.75, 3.05) is 13.2 Å². The van der Waals surface area contributed by atoms with Gasteiger partial charge in [-0.1, -0.05) is 378 Å². The van der Waals surface area contributed by atoms with E-state index in [0.29, 0.717) is 19.4 Å². The fraction of sp³-hybridized carbons (Fsp3) is 0.896. The quantitative estimate of drug-likeness (QED) is 0.0320. The van der Waals surface area contributed by atoms with Gasteiger partial charge in [0.05, 0.1) is 25.4 Å². The molecule has 0 rings (SSSR count). The molecule has 6 heteroatoms. The zero-order valence-electron chi connectivity index (χ0n) is 56.2. The smallest absolute Gasteiger partial charge is 0.305 e. The number of esters is 1. The summed E-state index contributed by atoms with van der Waals surface area (Å²) in [5.41, 5.74) is 0. The molecular formula is C77H147NO5. The Morgan fingerprint density at radius 1 is 0.337 bits per heavy atom. The van der Waals surface area contributed by atoms with E-state index < -0.39 is 12.1 Å².